The van der Waals surface area contributed by atoms with Gasteiger partial charge in [0.05, 0.1) is 16.5 Å². The smallest absolute Gasteiger partial charge is 0.234 e. The van der Waals surface area contributed by atoms with Gasteiger partial charge in [-0.3, -0.25) is 4.79 Å². The van der Waals surface area contributed by atoms with E-state index in [1.165, 1.54) is 17.8 Å². The molecule has 6 heteroatoms. The first kappa shape index (κ1) is 17.8. The summed E-state index contributed by atoms with van der Waals surface area (Å²) in [6.07, 6.45) is 0. The number of carbonyl (C=O) groups excluding carboxylic acids is 1. The Balaban J connectivity index is 1.89. The fraction of sp³-hybridized carbons (Fsp3) is 0.235. The van der Waals surface area contributed by atoms with E-state index in [2.05, 4.69) is 5.32 Å². The van der Waals surface area contributed by atoms with Gasteiger partial charge in [0.1, 0.15) is 0 Å². The second kappa shape index (κ2) is 7.79. The van der Waals surface area contributed by atoms with Gasteiger partial charge in [-0.05, 0) is 48.7 Å². The quantitative estimate of drug-likeness (QED) is 0.807. The average Bonchev–Trinajstić information content (AvgIpc) is 2.46. The van der Waals surface area contributed by atoms with Crippen LogP contribution in [0.2, 0.25) is 5.02 Å². The van der Waals surface area contributed by atoms with Gasteiger partial charge in [-0.15, -0.1) is 11.8 Å². The number of anilines is 1. The van der Waals surface area contributed by atoms with Crippen molar-refractivity contribution in [2.24, 2.45) is 0 Å². The SMILES string of the molecule is Cc1cc(C)c(NC(=O)CSCc2ccc(F)c(F)c2)c(Cl)c1. The van der Waals surface area contributed by atoms with Crippen molar-refractivity contribution in [2.75, 3.05) is 11.1 Å². The van der Waals surface area contributed by atoms with Crippen LogP contribution in [0, 0.1) is 25.5 Å². The van der Waals surface area contributed by atoms with Gasteiger partial charge in [0.15, 0.2) is 11.6 Å². The molecule has 2 aromatic carbocycles. The molecular weight excluding hydrogens is 340 g/mol. The molecule has 0 aliphatic carbocycles. The number of nitrogens with one attached hydrogen (secondary N) is 1. The molecule has 0 radical (unpaired) electrons. The lowest BCUT2D eigenvalue weighted by Crippen LogP contribution is -2.15. The fourth-order valence-corrected chi connectivity index (χ4v) is 3.28. The predicted octanol–water partition coefficient (Wildman–Crippen LogP) is 5.11. The molecule has 0 saturated heterocycles. The van der Waals surface area contributed by atoms with Crippen molar-refractivity contribution < 1.29 is 13.6 Å². The summed E-state index contributed by atoms with van der Waals surface area (Å²) >= 11 is 7.46. The summed E-state index contributed by atoms with van der Waals surface area (Å²) in [5, 5.41) is 3.29. The topological polar surface area (TPSA) is 29.1 Å². The van der Waals surface area contributed by atoms with Crippen molar-refractivity contribution in [3.8, 4) is 0 Å². The van der Waals surface area contributed by atoms with Crippen molar-refractivity contribution in [2.45, 2.75) is 19.6 Å². The van der Waals surface area contributed by atoms with Crippen molar-refractivity contribution in [3.63, 3.8) is 0 Å². The maximum atomic E-state index is 13.1. The van der Waals surface area contributed by atoms with E-state index < -0.39 is 11.6 Å². The van der Waals surface area contributed by atoms with E-state index in [1.807, 2.05) is 19.9 Å². The number of hydrogen-bond donors (Lipinski definition) is 1. The molecule has 2 aromatic rings. The molecule has 0 fully saturated rings. The minimum atomic E-state index is -0.880. The molecule has 2 rings (SSSR count). The summed E-state index contributed by atoms with van der Waals surface area (Å²) in [5.74, 6) is -1.32. The monoisotopic (exact) mass is 355 g/mol. The van der Waals surface area contributed by atoms with Gasteiger partial charge in [-0.1, -0.05) is 23.7 Å². The summed E-state index contributed by atoms with van der Waals surface area (Å²) < 4.78 is 25.9. The highest BCUT2D eigenvalue weighted by atomic mass is 35.5. The van der Waals surface area contributed by atoms with Crippen LogP contribution in [-0.2, 0) is 10.5 Å². The molecule has 0 spiro atoms. The van der Waals surface area contributed by atoms with Crippen LogP contribution in [-0.4, -0.2) is 11.7 Å². The molecule has 0 aliphatic heterocycles. The zero-order chi connectivity index (χ0) is 17.0. The molecule has 0 unspecified atom stereocenters. The van der Waals surface area contributed by atoms with E-state index in [0.29, 0.717) is 22.0 Å². The molecule has 1 amide bonds. The van der Waals surface area contributed by atoms with E-state index in [9.17, 15) is 13.6 Å². The van der Waals surface area contributed by atoms with Crippen molar-refractivity contribution in [3.05, 3.63) is 63.7 Å². The van der Waals surface area contributed by atoms with Crippen LogP contribution in [0.25, 0.3) is 0 Å². The Labute approximate surface area is 143 Å². The number of thioether (sulfide) groups is 1. The van der Waals surface area contributed by atoms with Crippen LogP contribution in [0.15, 0.2) is 30.3 Å². The lowest BCUT2D eigenvalue weighted by Gasteiger charge is -2.11. The third kappa shape index (κ3) is 4.94. The molecule has 0 saturated carbocycles. The first-order valence-electron chi connectivity index (χ1n) is 6.95. The summed E-state index contributed by atoms with van der Waals surface area (Å²) in [6.45, 7) is 3.81. The number of aryl methyl sites for hydroxylation is 2. The molecule has 0 heterocycles. The first-order valence-corrected chi connectivity index (χ1v) is 8.48. The summed E-state index contributed by atoms with van der Waals surface area (Å²) in [5.41, 5.74) is 3.16. The van der Waals surface area contributed by atoms with Crippen LogP contribution in [0.3, 0.4) is 0 Å². The Kier molecular flexibility index (Phi) is 6.02. The Morgan fingerprint density at radius 2 is 1.91 bits per heavy atom. The van der Waals surface area contributed by atoms with E-state index in [0.717, 1.165) is 23.3 Å². The Bertz CT molecular complexity index is 714. The van der Waals surface area contributed by atoms with Crippen molar-refractivity contribution in [1.82, 2.24) is 0 Å². The number of rotatable bonds is 5. The van der Waals surface area contributed by atoms with Gasteiger partial charge in [0.25, 0.3) is 0 Å². The number of benzene rings is 2. The van der Waals surface area contributed by atoms with E-state index >= 15 is 0 Å². The molecule has 0 bridgehead atoms. The average molecular weight is 356 g/mol. The van der Waals surface area contributed by atoms with Gasteiger partial charge in [0.2, 0.25) is 5.91 Å². The molecule has 0 aromatic heterocycles. The zero-order valence-corrected chi connectivity index (χ0v) is 14.3. The third-order valence-electron chi connectivity index (χ3n) is 3.18. The maximum Gasteiger partial charge on any atom is 0.234 e. The number of carbonyl (C=O) groups is 1. The lowest BCUT2D eigenvalue weighted by molar-refractivity contribution is -0.113. The fourth-order valence-electron chi connectivity index (χ4n) is 2.14. The third-order valence-corrected chi connectivity index (χ3v) is 4.48. The molecule has 2 nitrogen and oxygen atoms in total. The van der Waals surface area contributed by atoms with Crippen LogP contribution in [0.4, 0.5) is 14.5 Å². The van der Waals surface area contributed by atoms with Gasteiger partial charge in [-0.25, -0.2) is 8.78 Å². The molecule has 0 aliphatic rings. The standard InChI is InChI=1S/C17H16ClF2NOS/c1-10-5-11(2)17(13(18)6-10)21-16(22)9-23-8-12-3-4-14(19)15(20)7-12/h3-7H,8-9H2,1-2H3,(H,21,22). The Morgan fingerprint density at radius 1 is 1.17 bits per heavy atom. The first-order chi connectivity index (χ1) is 10.9. The number of hydrogen-bond acceptors (Lipinski definition) is 2. The van der Waals surface area contributed by atoms with Gasteiger partial charge in [-0.2, -0.15) is 0 Å². The van der Waals surface area contributed by atoms with E-state index in [4.69, 9.17) is 11.6 Å². The van der Waals surface area contributed by atoms with Crippen molar-refractivity contribution in [1.29, 1.82) is 0 Å². The predicted molar refractivity (Wildman–Crippen MR) is 92.1 cm³/mol. The van der Waals surface area contributed by atoms with Crippen LogP contribution in [0.5, 0.6) is 0 Å². The van der Waals surface area contributed by atoms with Crippen LogP contribution < -0.4 is 5.32 Å². The highest BCUT2D eigenvalue weighted by Crippen LogP contribution is 2.27. The van der Waals surface area contributed by atoms with Crippen molar-refractivity contribution >= 4 is 35.0 Å². The molecular formula is C17H16ClF2NOS. The van der Waals surface area contributed by atoms with E-state index in [1.54, 1.807) is 6.07 Å². The lowest BCUT2D eigenvalue weighted by atomic mass is 10.1. The normalized spacial score (nSPS) is 10.7. The number of halogens is 3. The highest BCUT2D eigenvalue weighted by Gasteiger charge is 2.10. The summed E-state index contributed by atoms with van der Waals surface area (Å²) in [6, 6.07) is 7.46. The summed E-state index contributed by atoms with van der Waals surface area (Å²) in [7, 11) is 0. The van der Waals surface area contributed by atoms with Crippen LogP contribution in [0.1, 0.15) is 16.7 Å². The largest absolute Gasteiger partial charge is 0.324 e. The minimum absolute atomic E-state index is 0.188. The van der Waals surface area contributed by atoms with Gasteiger partial charge >= 0.3 is 0 Å². The maximum absolute atomic E-state index is 13.1. The molecule has 23 heavy (non-hydrogen) atoms. The van der Waals surface area contributed by atoms with E-state index in [-0.39, 0.29) is 11.7 Å². The number of amides is 1. The Morgan fingerprint density at radius 3 is 2.57 bits per heavy atom. The second-order valence-corrected chi connectivity index (χ2v) is 6.62. The zero-order valence-electron chi connectivity index (χ0n) is 12.8. The molecule has 122 valence electrons. The summed E-state index contributed by atoms with van der Waals surface area (Å²) in [4.78, 5) is 12.0. The molecule has 0 atom stereocenters. The second-order valence-electron chi connectivity index (χ2n) is 5.23. The van der Waals surface area contributed by atoms with Gasteiger partial charge in [0, 0.05) is 5.75 Å². The highest BCUT2D eigenvalue weighted by molar-refractivity contribution is 7.99. The molecule has 1 N–H and O–H groups in total. The van der Waals surface area contributed by atoms with Gasteiger partial charge < -0.3 is 5.32 Å². The Hall–Kier alpha value is -1.59. The minimum Gasteiger partial charge on any atom is -0.324 e. The van der Waals surface area contributed by atoms with Crippen LogP contribution >= 0.6 is 23.4 Å².